The van der Waals surface area contributed by atoms with Crippen LogP contribution in [0.25, 0.3) is 0 Å². The first-order chi connectivity index (χ1) is 15.7. The molecule has 2 aliphatic heterocycles. The van der Waals surface area contributed by atoms with Crippen LogP contribution in [0.2, 0.25) is 0 Å². The number of rotatable bonds is 7. The number of benzene rings is 1. The summed E-state index contributed by atoms with van der Waals surface area (Å²) in [5, 5.41) is 34.3. The molecule has 0 spiro atoms. The Hall–Kier alpha value is -2.48. The molecule has 3 rings (SSSR count). The highest BCUT2D eigenvalue weighted by Crippen LogP contribution is 2.31. The fourth-order valence-corrected chi connectivity index (χ4v) is 3.53. The summed E-state index contributed by atoms with van der Waals surface area (Å²) in [4.78, 5) is 26.1. The van der Waals surface area contributed by atoms with Crippen molar-refractivity contribution in [3.05, 3.63) is 23.8 Å². The number of aliphatic hydroxyl groups is 3. The largest absolute Gasteiger partial charge is 0.461 e. The van der Waals surface area contributed by atoms with Gasteiger partial charge in [0.2, 0.25) is 6.29 Å². The van der Waals surface area contributed by atoms with Crippen molar-refractivity contribution in [3.8, 4) is 5.75 Å². The molecule has 2 saturated heterocycles. The van der Waals surface area contributed by atoms with Gasteiger partial charge in [0.25, 0.3) is 5.91 Å². The van der Waals surface area contributed by atoms with Crippen LogP contribution >= 0.6 is 0 Å². The zero-order valence-corrected chi connectivity index (χ0v) is 18.6. The van der Waals surface area contributed by atoms with E-state index in [0.717, 1.165) is 0 Å². The number of nitrogen functional groups attached to an aromatic ring is 1. The van der Waals surface area contributed by atoms with E-state index in [2.05, 4.69) is 10.7 Å². The maximum Gasteiger partial charge on any atom is 0.308 e. The van der Waals surface area contributed by atoms with Gasteiger partial charge in [0, 0.05) is 26.2 Å². The summed E-state index contributed by atoms with van der Waals surface area (Å²) in [5.41, 5.74) is 3.36. The highest BCUT2D eigenvalue weighted by molar-refractivity contribution is 5.82. The zero-order valence-electron chi connectivity index (χ0n) is 18.6. The Labute approximate surface area is 191 Å². The van der Waals surface area contributed by atoms with Crippen molar-refractivity contribution in [3.63, 3.8) is 0 Å². The molecule has 0 aliphatic carbocycles. The van der Waals surface area contributed by atoms with Crippen molar-refractivity contribution >= 4 is 17.6 Å². The molecule has 2 aliphatic rings. The molecular weight excluding hydrogens is 436 g/mol. The fourth-order valence-electron chi connectivity index (χ4n) is 3.53. The standard InChI is InChI=1S/C21H32N4O8/c1-11(2)20(30)31-10-12-3-4-13(24-22)14(9-12)32-21-17(28)15(26)16(27)18(33-21)19(29)25-7-5-23-6-8-25/h3-4,9,11,15-18,21,23-24,26-28H,5-8,10,22H2,1-2H3/t15-,16-,17+,18-,21+/m0/s1. The van der Waals surface area contributed by atoms with Crippen molar-refractivity contribution in [1.29, 1.82) is 0 Å². The highest BCUT2D eigenvalue weighted by Gasteiger charge is 2.49. The number of hydrazine groups is 1. The number of nitrogens with two attached hydrogens (primary N) is 1. The normalized spacial score (nSPS) is 27.8. The number of ether oxygens (including phenoxy) is 3. The number of amides is 1. The Morgan fingerprint density at radius 2 is 1.91 bits per heavy atom. The van der Waals surface area contributed by atoms with Crippen LogP contribution in [0.4, 0.5) is 5.69 Å². The molecular formula is C21H32N4O8. The van der Waals surface area contributed by atoms with Gasteiger partial charge in [-0.15, -0.1) is 0 Å². The highest BCUT2D eigenvalue weighted by atomic mass is 16.7. The third kappa shape index (κ3) is 5.91. The lowest BCUT2D eigenvalue weighted by molar-refractivity contribution is -0.269. The number of nitrogens with zero attached hydrogens (tertiary/aromatic N) is 1. The van der Waals surface area contributed by atoms with E-state index in [-0.39, 0.29) is 24.2 Å². The maximum atomic E-state index is 12.9. The molecule has 2 heterocycles. The zero-order chi connectivity index (χ0) is 24.1. The molecule has 5 atom stereocenters. The van der Waals surface area contributed by atoms with Crippen LogP contribution in [0.3, 0.4) is 0 Å². The third-order valence-corrected chi connectivity index (χ3v) is 5.54. The molecule has 1 amide bonds. The number of nitrogens with one attached hydrogen (secondary N) is 2. The second-order valence-corrected chi connectivity index (χ2v) is 8.33. The van der Waals surface area contributed by atoms with E-state index >= 15 is 0 Å². The lowest BCUT2D eigenvalue weighted by Crippen LogP contribution is -2.64. The molecule has 33 heavy (non-hydrogen) atoms. The minimum Gasteiger partial charge on any atom is -0.461 e. The molecule has 12 nitrogen and oxygen atoms in total. The van der Waals surface area contributed by atoms with Crippen LogP contribution in [-0.2, 0) is 25.7 Å². The van der Waals surface area contributed by atoms with Crippen LogP contribution in [-0.4, -0.2) is 89.0 Å². The second kappa shape index (κ2) is 11.1. The van der Waals surface area contributed by atoms with Gasteiger partial charge in [0.1, 0.15) is 30.7 Å². The molecule has 0 unspecified atom stereocenters. The van der Waals surface area contributed by atoms with Crippen LogP contribution in [0.1, 0.15) is 19.4 Å². The van der Waals surface area contributed by atoms with Crippen LogP contribution in [0.15, 0.2) is 18.2 Å². The monoisotopic (exact) mass is 468 g/mol. The predicted molar refractivity (Wildman–Crippen MR) is 116 cm³/mol. The minimum absolute atomic E-state index is 0.0161. The second-order valence-electron chi connectivity index (χ2n) is 8.33. The fraction of sp³-hybridized carbons (Fsp3) is 0.619. The average Bonchev–Trinajstić information content (AvgIpc) is 2.83. The first-order valence-electron chi connectivity index (χ1n) is 10.8. The summed E-state index contributed by atoms with van der Waals surface area (Å²) in [7, 11) is 0. The van der Waals surface area contributed by atoms with Crippen LogP contribution < -0.4 is 21.3 Å². The number of anilines is 1. The molecule has 0 saturated carbocycles. The van der Waals surface area contributed by atoms with Gasteiger partial charge in [0.05, 0.1) is 11.6 Å². The SMILES string of the molecule is CC(C)C(=O)OCc1ccc(NN)c(O[C@@H]2O[C@H](C(=O)N3CCNCC3)[C@@H](O)[C@H](O)[C@H]2O)c1. The Morgan fingerprint density at radius 3 is 2.55 bits per heavy atom. The maximum absolute atomic E-state index is 12.9. The molecule has 184 valence electrons. The van der Waals surface area contributed by atoms with Gasteiger partial charge in [-0.05, 0) is 17.7 Å². The Kier molecular flexibility index (Phi) is 8.46. The van der Waals surface area contributed by atoms with E-state index in [1.165, 1.54) is 11.0 Å². The van der Waals surface area contributed by atoms with Crippen molar-refractivity contribution in [1.82, 2.24) is 10.2 Å². The van der Waals surface area contributed by atoms with Gasteiger partial charge in [-0.3, -0.25) is 15.4 Å². The van der Waals surface area contributed by atoms with E-state index in [4.69, 9.17) is 20.1 Å². The summed E-state index contributed by atoms with van der Waals surface area (Å²) in [6.07, 6.45) is -7.84. The van der Waals surface area contributed by atoms with Gasteiger partial charge in [-0.2, -0.15) is 0 Å². The third-order valence-electron chi connectivity index (χ3n) is 5.54. The Bertz CT molecular complexity index is 832. The smallest absolute Gasteiger partial charge is 0.308 e. The number of esters is 1. The van der Waals surface area contributed by atoms with Crippen molar-refractivity contribution in [2.75, 3.05) is 31.6 Å². The van der Waals surface area contributed by atoms with Crippen LogP contribution in [0.5, 0.6) is 5.75 Å². The number of carbonyl (C=O) groups is 2. The van der Waals surface area contributed by atoms with Gasteiger partial charge in [-0.1, -0.05) is 19.9 Å². The first kappa shape index (κ1) is 25.1. The quantitative estimate of drug-likeness (QED) is 0.153. The van der Waals surface area contributed by atoms with E-state index in [9.17, 15) is 24.9 Å². The summed E-state index contributed by atoms with van der Waals surface area (Å²) in [6, 6.07) is 4.78. The number of aliphatic hydroxyl groups excluding tert-OH is 3. The van der Waals surface area contributed by atoms with Gasteiger partial charge >= 0.3 is 5.97 Å². The topological polar surface area (TPSA) is 176 Å². The summed E-state index contributed by atoms with van der Waals surface area (Å²) >= 11 is 0. The minimum atomic E-state index is -1.68. The van der Waals surface area contributed by atoms with E-state index in [1.807, 2.05) is 0 Å². The summed E-state index contributed by atoms with van der Waals surface area (Å²) in [6.45, 7) is 5.47. The predicted octanol–water partition coefficient (Wildman–Crippen LogP) is -1.71. The average molecular weight is 469 g/mol. The van der Waals surface area contributed by atoms with E-state index in [0.29, 0.717) is 37.4 Å². The molecule has 0 aromatic heterocycles. The summed E-state index contributed by atoms with van der Waals surface area (Å²) in [5.74, 6) is 4.53. The molecule has 2 fully saturated rings. The van der Waals surface area contributed by atoms with Gasteiger partial charge in [-0.25, -0.2) is 0 Å². The Morgan fingerprint density at radius 1 is 1.21 bits per heavy atom. The van der Waals surface area contributed by atoms with Crippen molar-refractivity contribution in [2.45, 2.75) is 51.2 Å². The van der Waals surface area contributed by atoms with E-state index in [1.54, 1.807) is 26.0 Å². The number of piperazine rings is 1. The molecule has 1 aromatic carbocycles. The van der Waals surface area contributed by atoms with Gasteiger partial charge < -0.3 is 45.2 Å². The molecule has 12 heteroatoms. The van der Waals surface area contributed by atoms with Crippen molar-refractivity contribution < 1.29 is 39.1 Å². The molecule has 7 N–H and O–H groups in total. The van der Waals surface area contributed by atoms with E-state index < -0.39 is 36.6 Å². The number of hydrogen-bond donors (Lipinski definition) is 6. The van der Waals surface area contributed by atoms with Crippen molar-refractivity contribution in [2.24, 2.45) is 11.8 Å². The molecule has 0 bridgehead atoms. The lowest BCUT2D eigenvalue weighted by atomic mass is 9.97. The number of carbonyl (C=O) groups excluding carboxylic acids is 2. The molecule has 0 radical (unpaired) electrons. The first-order valence-corrected chi connectivity index (χ1v) is 10.8. The molecule has 1 aromatic rings. The summed E-state index contributed by atoms with van der Waals surface area (Å²) < 4.78 is 16.6. The van der Waals surface area contributed by atoms with Gasteiger partial charge in [0.15, 0.2) is 6.10 Å². The Balaban J connectivity index is 1.76. The lowest BCUT2D eigenvalue weighted by Gasteiger charge is -2.41. The number of hydrogen-bond acceptors (Lipinski definition) is 11. The van der Waals surface area contributed by atoms with Crippen LogP contribution in [0, 0.1) is 5.92 Å².